The molecule has 0 spiro atoms. The molecule has 0 aliphatic rings. The number of methoxy groups -OCH3 is 1. The topological polar surface area (TPSA) is 51.2 Å². The molecule has 0 fully saturated rings. The van der Waals surface area contributed by atoms with Gasteiger partial charge in [0.1, 0.15) is 11.6 Å². The Bertz CT molecular complexity index is 847. The molecule has 0 saturated heterocycles. The highest BCUT2D eigenvalue weighted by atomic mass is 19.1. The van der Waals surface area contributed by atoms with Crippen LogP contribution >= 0.6 is 0 Å². The summed E-state index contributed by atoms with van der Waals surface area (Å²) in [6, 6.07) is 13.2. The fourth-order valence-corrected chi connectivity index (χ4v) is 2.36. The Morgan fingerprint density at radius 2 is 2.00 bits per heavy atom. The Balaban J connectivity index is 1.85. The minimum Gasteiger partial charge on any atom is -0.497 e. The molecule has 1 amide bonds. The van der Waals surface area contributed by atoms with Gasteiger partial charge in [0.2, 0.25) is 5.91 Å². The summed E-state index contributed by atoms with van der Waals surface area (Å²) in [7, 11) is 1.57. The number of amides is 1. The molecular weight excluding hydrogens is 295 g/mol. The predicted molar refractivity (Wildman–Crippen MR) is 87.0 cm³/mol. The lowest BCUT2D eigenvalue weighted by molar-refractivity contribution is -0.115. The molecule has 4 nitrogen and oxygen atoms in total. The van der Waals surface area contributed by atoms with Crippen LogP contribution < -0.4 is 10.1 Å². The number of carbonyl (C=O) groups is 1. The molecule has 0 bridgehead atoms. The quantitative estimate of drug-likeness (QED) is 0.801. The van der Waals surface area contributed by atoms with Gasteiger partial charge >= 0.3 is 0 Å². The third-order valence-corrected chi connectivity index (χ3v) is 3.47. The van der Waals surface area contributed by atoms with E-state index in [4.69, 9.17) is 4.74 Å². The van der Waals surface area contributed by atoms with Gasteiger partial charge in [0.15, 0.2) is 0 Å². The molecular formula is C18H15FN2O2. The van der Waals surface area contributed by atoms with E-state index < -0.39 is 0 Å². The van der Waals surface area contributed by atoms with Crippen LogP contribution in [0.3, 0.4) is 0 Å². The van der Waals surface area contributed by atoms with Crippen LogP contribution in [0.4, 0.5) is 10.1 Å². The number of ether oxygens (including phenoxy) is 1. The molecule has 1 aromatic heterocycles. The van der Waals surface area contributed by atoms with Crippen LogP contribution in [-0.2, 0) is 11.2 Å². The molecule has 1 N–H and O–H groups in total. The minimum atomic E-state index is -0.322. The van der Waals surface area contributed by atoms with Crippen LogP contribution in [0, 0.1) is 5.82 Å². The van der Waals surface area contributed by atoms with Crippen molar-refractivity contribution in [1.82, 2.24) is 4.98 Å². The van der Waals surface area contributed by atoms with Gasteiger partial charge in [0.05, 0.1) is 24.7 Å². The summed E-state index contributed by atoms with van der Waals surface area (Å²) >= 11 is 0. The van der Waals surface area contributed by atoms with Gasteiger partial charge in [-0.1, -0.05) is 18.2 Å². The molecule has 0 aliphatic carbocycles. The highest BCUT2D eigenvalue weighted by Crippen LogP contribution is 2.27. The zero-order chi connectivity index (χ0) is 16.2. The molecule has 0 radical (unpaired) electrons. The molecule has 3 rings (SSSR count). The lowest BCUT2D eigenvalue weighted by atomic mass is 10.1. The van der Waals surface area contributed by atoms with Gasteiger partial charge in [-0.25, -0.2) is 4.39 Å². The molecule has 0 aliphatic heterocycles. The molecule has 23 heavy (non-hydrogen) atoms. The summed E-state index contributed by atoms with van der Waals surface area (Å²) in [5, 5.41) is 3.73. The van der Waals surface area contributed by atoms with E-state index in [0.29, 0.717) is 17.0 Å². The molecule has 0 atom stereocenters. The lowest BCUT2D eigenvalue weighted by Gasteiger charge is -2.10. The number of hydrogen-bond acceptors (Lipinski definition) is 3. The van der Waals surface area contributed by atoms with Gasteiger partial charge in [0.25, 0.3) is 0 Å². The first-order chi connectivity index (χ1) is 11.2. The first-order valence-electron chi connectivity index (χ1n) is 7.13. The smallest absolute Gasteiger partial charge is 0.228 e. The van der Waals surface area contributed by atoms with Crippen molar-refractivity contribution in [2.45, 2.75) is 6.42 Å². The van der Waals surface area contributed by atoms with E-state index in [-0.39, 0.29) is 18.1 Å². The number of rotatable bonds is 4. The van der Waals surface area contributed by atoms with Crippen molar-refractivity contribution in [3.63, 3.8) is 0 Å². The van der Waals surface area contributed by atoms with E-state index in [1.54, 1.807) is 31.5 Å². The van der Waals surface area contributed by atoms with Crippen molar-refractivity contribution in [1.29, 1.82) is 0 Å². The Morgan fingerprint density at radius 3 is 2.74 bits per heavy atom. The van der Waals surface area contributed by atoms with Crippen LogP contribution in [0.5, 0.6) is 5.75 Å². The summed E-state index contributed by atoms with van der Waals surface area (Å²) in [5.74, 6) is 0.122. The molecule has 0 saturated carbocycles. The van der Waals surface area contributed by atoms with Crippen molar-refractivity contribution in [2.24, 2.45) is 0 Å². The number of anilines is 1. The Labute approximate surface area is 132 Å². The maximum atomic E-state index is 12.9. The van der Waals surface area contributed by atoms with Crippen molar-refractivity contribution >= 4 is 22.5 Å². The number of carbonyl (C=O) groups excluding carboxylic acids is 1. The Morgan fingerprint density at radius 1 is 1.22 bits per heavy atom. The van der Waals surface area contributed by atoms with Crippen molar-refractivity contribution < 1.29 is 13.9 Å². The largest absolute Gasteiger partial charge is 0.497 e. The first kappa shape index (κ1) is 15.0. The maximum Gasteiger partial charge on any atom is 0.228 e. The van der Waals surface area contributed by atoms with E-state index >= 15 is 0 Å². The van der Waals surface area contributed by atoms with Crippen LogP contribution in [0.15, 0.2) is 54.7 Å². The van der Waals surface area contributed by atoms with Crippen LogP contribution in [0.2, 0.25) is 0 Å². The zero-order valence-electron chi connectivity index (χ0n) is 12.5. The van der Waals surface area contributed by atoms with Gasteiger partial charge < -0.3 is 10.1 Å². The zero-order valence-corrected chi connectivity index (χ0v) is 12.5. The molecule has 5 heteroatoms. The van der Waals surface area contributed by atoms with Crippen LogP contribution in [0.25, 0.3) is 10.9 Å². The summed E-state index contributed by atoms with van der Waals surface area (Å²) in [4.78, 5) is 16.5. The Kier molecular flexibility index (Phi) is 4.19. The van der Waals surface area contributed by atoms with Gasteiger partial charge in [-0.15, -0.1) is 0 Å². The second-order valence-electron chi connectivity index (χ2n) is 5.10. The fraction of sp³-hybridized carbons (Fsp3) is 0.111. The van der Waals surface area contributed by atoms with Crippen LogP contribution in [-0.4, -0.2) is 18.0 Å². The molecule has 2 aromatic carbocycles. The maximum absolute atomic E-state index is 12.9. The first-order valence-corrected chi connectivity index (χ1v) is 7.13. The average molecular weight is 310 g/mol. The summed E-state index contributed by atoms with van der Waals surface area (Å²) < 4.78 is 18.2. The van der Waals surface area contributed by atoms with E-state index in [1.165, 1.54) is 12.1 Å². The third-order valence-electron chi connectivity index (χ3n) is 3.47. The number of benzene rings is 2. The monoisotopic (exact) mass is 310 g/mol. The number of nitrogens with one attached hydrogen (secondary N) is 1. The average Bonchev–Trinajstić information content (AvgIpc) is 2.56. The van der Waals surface area contributed by atoms with Crippen LogP contribution in [0.1, 0.15) is 5.56 Å². The summed E-state index contributed by atoms with van der Waals surface area (Å²) in [6.45, 7) is 0. The molecule has 116 valence electrons. The van der Waals surface area contributed by atoms with Gasteiger partial charge in [0, 0.05) is 17.6 Å². The molecule has 1 heterocycles. The van der Waals surface area contributed by atoms with E-state index in [1.807, 2.05) is 18.2 Å². The normalized spacial score (nSPS) is 10.5. The van der Waals surface area contributed by atoms with E-state index in [2.05, 4.69) is 10.3 Å². The third kappa shape index (κ3) is 3.45. The van der Waals surface area contributed by atoms with Gasteiger partial charge in [-0.3, -0.25) is 9.78 Å². The SMILES string of the molecule is COc1cc(NC(=O)Cc2ccc(F)cc2)c2ncccc2c1. The Hall–Kier alpha value is -2.95. The number of nitrogens with zero attached hydrogens (tertiary/aromatic N) is 1. The second-order valence-corrected chi connectivity index (χ2v) is 5.10. The standard InChI is InChI=1S/C18H15FN2O2/c1-23-15-10-13-3-2-8-20-18(13)16(11-15)21-17(22)9-12-4-6-14(19)7-5-12/h2-8,10-11H,9H2,1H3,(H,21,22). The van der Waals surface area contributed by atoms with Crippen molar-refractivity contribution in [3.05, 3.63) is 66.1 Å². The second kappa shape index (κ2) is 6.44. The van der Waals surface area contributed by atoms with Gasteiger partial charge in [-0.2, -0.15) is 0 Å². The predicted octanol–water partition coefficient (Wildman–Crippen LogP) is 3.56. The van der Waals surface area contributed by atoms with Crippen molar-refractivity contribution in [3.8, 4) is 5.75 Å². The summed E-state index contributed by atoms with van der Waals surface area (Å²) in [6.07, 6.45) is 1.83. The molecule has 0 unspecified atom stereocenters. The minimum absolute atomic E-state index is 0.159. The highest BCUT2D eigenvalue weighted by molar-refractivity contribution is 6.01. The fourth-order valence-electron chi connectivity index (χ4n) is 2.36. The van der Waals surface area contributed by atoms with E-state index in [9.17, 15) is 9.18 Å². The number of aromatic nitrogens is 1. The number of fused-ring (bicyclic) bond motifs is 1. The molecule has 3 aromatic rings. The van der Waals surface area contributed by atoms with Crippen molar-refractivity contribution in [2.75, 3.05) is 12.4 Å². The lowest BCUT2D eigenvalue weighted by Crippen LogP contribution is -2.15. The highest BCUT2D eigenvalue weighted by Gasteiger charge is 2.10. The summed E-state index contributed by atoms with van der Waals surface area (Å²) in [5.41, 5.74) is 2.02. The van der Waals surface area contributed by atoms with E-state index in [0.717, 1.165) is 10.9 Å². The van der Waals surface area contributed by atoms with Gasteiger partial charge in [-0.05, 0) is 29.8 Å². The number of pyridine rings is 1. The number of halogens is 1. The number of hydrogen-bond donors (Lipinski definition) is 1.